The number of aliphatic hydroxyl groups excluding tert-OH is 2. The molecular weight excluding hydrogens is 144 g/mol. The maximum Gasteiger partial charge on any atom is 0.0931 e. The molecule has 0 fully saturated rings. The quantitative estimate of drug-likeness (QED) is 0.280. The third kappa shape index (κ3) is 9.84. The van der Waals surface area contributed by atoms with Gasteiger partial charge in [-0.2, -0.15) is 0 Å². The van der Waals surface area contributed by atoms with Crippen molar-refractivity contribution >= 4 is 0 Å². The van der Waals surface area contributed by atoms with E-state index in [1.54, 1.807) is 0 Å². The Hall–Kier alpha value is -0.160. The lowest BCUT2D eigenvalue weighted by Crippen LogP contribution is -2.18. The zero-order chi connectivity index (χ0) is 8.36. The van der Waals surface area contributed by atoms with Crippen molar-refractivity contribution in [2.75, 3.05) is 26.6 Å². The molecule has 0 aliphatic carbocycles. The van der Waals surface area contributed by atoms with Crippen LogP contribution in [0.1, 0.15) is 19.3 Å². The van der Waals surface area contributed by atoms with Crippen LogP contribution < -0.4 is 10.6 Å². The van der Waals surface area contributed by atoms with Crippen molar-refractivity contribution in [1.29, 1.82) is 0 Å². The Morgan fingerprint density at radius 1 is 0.727 bits per heavy atom. The maximum absolute atomic E-state index is 8.35. The minimum absolute atomic E-state index is 0.0644. The molecule has 0 saturated carbocycles. The van der Waals surface area contributed by atoms with E-state index in [-0.39, 0.29) is 13.5 Å². The van der Waals surface area contributed by atoms with Gasteiger partial charge < -0.3 is 10.2 Å². The monoisotopic (exact) mass is 162 g/mol. The Morgan fingerprint density at radius 2 is 1.18 bits per heavy atom. The average molecular weight is 162 g/mol. The Morgan fingerprint density at radius 3 is 1.55 bits per heavy atom. The number of aliphatic hydroxyl groups is 2. The fourth-order valence-corrected chi connectivity index (χ4v) is 0.835. The van der Waals surface area contributed by atoms with Crippen molar-refractivity contribution in [1.82, 2.24) is 10.6 Å². The first-order valence-corrected chi connectivity index (χ1v) is 4.05. The lowest BCUT2D eigenvalue weighted by molar-refractivity contribution is 0.256. The van der Waals surface area contributed by atoms with Crippen molar-refractivity contribution in [2.24, 2.45) is 0 Å². The van der Waals surface area contributed by atoms with Gasteiger partial charge in [-0.15, -0.1) is 0 Å². The highest BCUT2D eigenvalue weighted by atomic mass is 16.3. The first kappa shape index (κ1) is 10.8. The third-order valence-electron chi connectivity index (χ3n) is 1.43. The molecule has 4 N–H and O–H groups in total. The van der Waals surface area contributed by atoms with Gasteiger partial charge >= 0.3 is 0 Å². The number of rotatable bonds is 8. The number of unbranched alkanes of at least 4 members (excludes halogenated alkanes) is 2. The molecule has 4 nitrogen and oxygen atoms in total. The molecule has 0 rings (SSSR count). The fourth-order valence-electron chi connectivity index (χ4n) is 0.835. The van der Waals surface area contributed by atoms with E-state index in [0.717, 1.165) is 32.4 Å². The van der Waals surface area contributed by atoms with Gasteiger partial charge in [0.05, 0.1) is 13.5 Å². The standard InChI is InChI=1S/C7H18N2O2/c10-6-8-4-2-1-3-5-9-7-11/h8-11H,1-7H2. The second-order valence-electron chi connectivity index (χ2n) is 2.38. The molecule has 0 aromatic heterocycles. The Kier molecular flexibility index (Phi) is 9.70. The van der Waals surface area contributed by atoms with Crippen LogP contribution in [0.3, 0.4) is 0 Å². The Balaban J connectivity index is 2.69. The lowest BCUT2D eigenvalue weighted by Gasteiger charge is -2.01. The SMILES string of the molecule is OCNCCCCCNCO. The molecule has 0 aliphatic heterocycles. The van der Waals surface area contributed by atoms with Crippen molar-refractivity contribution in [2.45, 2.75) is 19.3 Å². The summed E-state index contributed by atoms with van der Waals surface area (Å²) >= 11 is 0. The van der Waals surface area contributed by atoms with Gasteiger partial charge in [-0.1, -0.05) is 6.42 Å². The minimum Gasteiger partial charge on any atom is -0.381 e. The Labute approximate surface area is 67.6 Å². The van der Waals surface area contributed by atoms with Crippen LogP contribution in [-0.4, -0.2) is 36.8 Å². The summed E-state index contributed by atoms with van der Waals surface area (Å²) in [4.78, 5) is 0. The third-order valence-corrected chi connectivity index (χ3v) is 1.43. The fraction of sp³-hybridized carbons (Fsp3) is 1.00. The minimum atomic E-state index is 0.0644. The molecule has 0 aromatic carbocycles. The van der Waals surface area contributed by atoms with Crippen LogP contribution in [0.25, 0.3) is 0 Å². The molecule has 0 unspecified atom stereocenters. The molecule has 0 radical (unpaired) electrons. The van der Waals surface area contributed by atoms with Crippen LogP contribution in [0.2, 0.25) is 0 Å². The van der Waals surface area contributed by atoms with Crippen LogP contribution in [0.15, 0.2) is 0 Å². The van der Waals surface area contributed by atoms with Crippen LogP contribution >= 0.6 is 0 Å². The van der Waals surface area contributed by atoms with Crippen LogP contribution in [0.5, 0.6) is 0 Å². The highest BCUT2D eigenvalue weighted by Gasteiger charge is 1.87. The van der Waals surface area contributed by atoms with Crippen molar-refractivity contribution in [3.8, 4) is 0 Å². The molecule has 0 amide bonds. The van der Waals surface area contributed by atoms with Gasteiger partial charge in [-0.05, 0) is 25.9 Å². The first-order valence-electron chi connectivity index (χ1n) is 4.05. The number of hydrogen-bond acceptors (Lipinski definition) is 4. The summed E-state index contributed by atoms with van der Waals surface area (Å²) in [7, 11) is 0. The zero-order valence-electron chi connectivity index (χ0n) is 6.84. The van der Waals surface area contributed by atoms with Gasteiger partial charge in [0.25, 0.3) is 0 Å². The molecule has 0 aliphatic rings. The Bertz CT molecular complexity index is 63.5. The summed E-state index contributed by atoms with van der Waals surface area (Å²) in [5.74, 6) is 0. The van der Waals surface area contributed by atoms with Crippen molar-refractivity contribution < 1.29 is 10.2 Å². The summed E-state index contributed by atoms with van der Waals surface area (Å²) < 4.78 is 0. The largest absolute Gasteiger partial charge is 0.381 e. The molecule has 4 heteroatoms. The second-order valence-corrected chi connectivity index (χ2v) is 2.38. The van der Waals surface area contributed by atoms with Gasteiger partial charge in [0.1, 0.15) is 0 Å². The molecule has 0 aromatic rings. The first-order chi connectivity index (χ1) is 5.41. The van der Waals surface area contributed by atoms with E-state index in [1.165, 1.54) is 0 Å². The lowest BCUT2D eigenvalue weighted by atomic mass is 10.2. The van der Waals surface area contributed by atoms with Crippen molar-refractivity contribution in [3.63, 3.8) is 0 Å². The summed E-state index contributed by atoms with van der Waals surface area (Å²) in [6.07, 6.45) is 3.28. The maximum atomic E-state index is 8.35. The zero-order valence-corrected chi connectivity index (χ0v) is 6.84. The predicted molar refractivity (Wildman–Crippen MR) is 44.0 cm³/mol. The van der Waals surface area contributed by atoms with Gasteiger partial charge in [-0.3, -0.25) is 10.6 Å². The summed E-state index contributed by atoms with van der Waals surface area (Å²) in [6, 6.07) is 0. The van der Waals surface area contributed by atoms with E-state index < -0.39 is 0 Å². The molecule has 0 heterocycles. The molecule has 0 spiro atoms. The van der Waals surface area contributed by atoms with Gasteiger partial charge in [0.2, 0.25) is 0 Å². The topological polar surface area (TPSA) is 64.5 Å². The van der Waals surface area contributed by atoms with E-state index >= 15 is 0 Å². The van der Waals surface area contributed by atoms with Crippen LogP contribution in [0, 0.1) is 0 Å². The molecule has 0 saturated heterocycles. The van der Waals surface area contributed by atoms with Crippen LogP contribution in [0.4, 0.5) is 0 Å². The van der Waals surface area contributed by atoms with E-state index in [4.69, 9.17) is 10.2 Å². The van der Waals surface area contributed by atoms with Crippen LogP contribution in [-0.2, 0) is 0 Å². The highest BCUT2D eigenvalue weighted by Crippen LogP contribution is 1.91. The average Bonchev–Trinajstić information content (AvgIpc) is 2.03. The highest BCUT2D eigenvalue weighted by molar-refractivity contribution is 4.46. The molecule has 11 heavy (non-hydrogen) atoms. The van der Waals surface area contributed by atoms with Crippen molar-refractivity contribution in [3.05, 3.63) is 0 Å². The summed E-state index contributed by atoms with van der Waals surface area (Å²) in [6.45, 7) is 1.87. The molecule has 0 atom stereocenters. The van der Waals surface area contributed by atoms with Gasteiger partial charge in [0, 0.05) is 0 Å². The molecule has 0 bridgehead atoms. The number of nitrogens with one attached hydrogen (secondary N) is 2. The predicted octanol–water partition coefficient (Wildman–Crippen LogP) is -0.764. The van der Waals surface area contributed by atoms with E-state index in [1.807, 2.05) is 0 Å². The summed E-state index contributed by atoms with van der Waals surface area (Å²) in [5.41, 5.74) is 0. The molecule has 68 valence electrons. The van der Waals surface area contributed by atoms with E-state index in [9.17, 15) is 0 Å². The summed E-state index contributed by atoms with van der Waals surface area (Å²) in [5, 5.41) is 22.4. The van der Waals surface area contributed by atoms with E-state index in [0.29, 0.717) is 0 Å². The second kappa shape index (κ2) is 9.84. The molecular formula is C7H18N2O2. The van der Waals surface area contributed by atoms with Gasteiger partial charge in [0.15, 0.2) is 0 Å². The van der Waals surface area contributed by atoms with Gasteiger partial charge in [-0.25, -0.2) is 0 Å². The van der Waals surface area contributed by atoms with E-state index in [2.05, 4.69) is 10.6 Å². The number of hydrogen-bond donors (Lipinski definition) is 4. The normalized spacial score (nSPS) is 10.4. The smallest absolute Gasteiger partial charge is 0.0931 e.